The maximum absolute atomic E-state index is 11.5. The minimum Gasteiger partial charge on any atom is -0.407 e. The van der Waals surface area contributed by atoms with Gasteiger partial charge in [0.1, 0.15) is 0 Å². The Hall–Kier alpha value is -1.03. The van der Waals surface area contributed by atoms with E-state index in [0.717, 1.165) is 17.9 Å². The Kier molecular flexibility index (Phi) is 3.03. The van der Waals surface area contributed by atoms with Gasteiger partial charge in [-0.3, -0.25) is 4.79 Å². The molecule has 1 aromatic heterocycles. The van der Waals surface area contributed by atoms with E-state index in [4.69, 9.17) is 4.74 Å². The summed E-state index contributed by atoms with van der Waals surface area (Å²) in [7, 11) is 0. The number of ether oxygens (including phenoxy) is 1. The van der Waals surface area contributed by atoms with Crippen molar-refractivity contribution in [2.24, 2.45) is 5.92 Å². The highest BCUT2D eigenvalue weighted by atomic mass is 32.2. The van der Waals surface area contributed by atoms with Crippen molar-refractivity contribution >= 4 is 17.7 Å². The van der Waals surface area contributed by atoms with Crippen LogP contribution in [0.3, 0.4) is 0 Å². The zero-order valence-corrected chi connectivity index (χ0v) is 8.50. The van der Waals surface area contributed by atoms with Crippen LogP contribution in [0.5, 0.6) is 5.88 Å². The van der Waals surface area contributed by atoms with E-state index >= 15 is 0 Å². The summed E-state index contributed by atoms with van der Waals surface area (Å²) in [5.74, 6) is 2.25. The van der Waals surface area contributed by atoms with Crippen LogP contribution in [-0.2, 0) is 4.79 Å². The summed E-state index contributed by atoms with van der Waals surface area (Å²) in [5.41, 5.74) is 0. The SMILES string of the molecule is O=C(Oc1ccccn1)[C@H]1CCSC1. The molecule has 0 saturated carbocycles. The first-order valence-corrected chi connectivity index (χ1v) is 5.72. The molecule has 0 aliphatic carbocycles. The molecule has 3 nitrogen and oxygen atoms in total. The van der Waals surface area contributed by atoms with E-state index in [0.29, 0.717) is 5.88 Å². The van der Waals surface area contributed by atoms with Crippen molar-refractivity contribution < 1.29 is 9.53 Å². The number of rotatable bonds is 2. The van der Waals surface area contributed by atoms with E-state index in [1.165, 1.54) is 0 Å². The zero-order chi connectivity index (χ0) is 9.80. The summed E-state index contributed by atoms with van der Waals surface area (Å²) >= 11 is 1.80. The van der Waals surface area contributed by atoms with Gasteiger partial charge < -0.3 is 4.74 Å². The van der Waals surface area contributed by atoms with Crippen LogP contribution in [0.25, 0.3) is 0 Å². The van der Waals surface area contributed by atoms with E-state index in [1.807, 2.05) is 0 Å². The number of thioether (sulfide) groups is 1. The molecule has 0 unspecified atom stereocenters. The Morgan fingerprint density at radius 1 is 1.57 bits per heavy atom. The highest BCUT2D eigenvalue weighted by Gasteiger charge is 2.25. The molecule has 1 fully saturated rings. The number of aromatic nitrogens is 1. The standard InChI is InChI=1S/C10H11NO2S/c12-10(8-4-6-14-7-8)13-9-3-1-2-5-11-9/h1-3,5,8H,4,6-7H2/t8-/m0/s1. The van der Waals surface area contributed by atoms with Crippen LogP contribution in [0.15, 0.2) is 24.4 Å². The lowest BCUT2D eigenvalue weighted by atomic mass is 10.1. The quantitative estimate of drug-likeness (QED) is 0.695. The molecular weight excluding hydrogens is 198 g/mol. The highest BCUT2D eigenvalue weighted by Crippen LogP contribution is 2.24. The summed E-state index contributed by atoms with van der Waals surface area (Å²) in [6.45, 7) is 0. The van der Waals surface area contributed by atoms with Gasteiger partial charge in [-0.15, -0.1) is 0 Å². The lowest BCUT2D eigenvalue weighted by molar-refractivity contribution is -0.138. The van der Waals surface area contributed by atoms with Crippen molar-refractivity contribution in [3.8, 4) is 5.88 Å². The fourth-order valence-electron chi connectivity index (χ4n) is 1.31. The number of hydrogen-bond donors (Lipinski definition) is 0. The Labute approximate surface area is 86.9 Å². The number of hydrogen-bond acceptors (Lipinski definition) is 4. The summed E-state index contributed by atoms with van der Waals surface area (Å²) < 4.78 is 5.13. The molecule has 1 atom stereocenters. The average Bonchev–Trinajstić information content (AvgIpc) is 2.72. The summed E-state index contributed by atoms with van der Waals surface area (Å²) in [5, 5.41) is 0. The molecule has 0 N–H and O–H groups in total. The van der Waals surface area contributed by atoms with E-state index in [2.05, 4.69) is 4.98 Å². The van der Waals surface area contributed by atoms with Crippen LogP contribution in [0.4, 0.5) is 0 Å². The molecule has 0 aromatic carbocycles. The largest absolute Gasteiger partial charge is 0.407 e. The van der Waals surface area contributed by atoms with Crippen LogP contribution in [0.1, 0.15) is 6.42 Å². The predicted octanol–water partition coefficient (Wildman–Crippen LogP) is 1.74. The average molecular weight is 209 g/mol. The van der Waals surface area contributed by atoms with Gasteiger partial charge in [0.15, 0.2) is 0 Å². The second-order valence-corrected chi connectivity index (χ2v) is 4.30. The molecule has 1 aliphatic heterocycles. The molecule has 2 rings (SSSR count). The van der Waals surface area contributed by atoms with Gasteiger partial charge in [-0.05, 0) is 18.2 Å². The molecule has 0 amide bonds. The van der Waals surface area contributed by atoms with Crippen LogP contribution in [0.2, 0.25) is 0 Å². The van der Waals surface area contributed by atoms with E-state index < -0.39 is 0 Å². The molecule has 1 saturated heterocycles. The molecule has 74 valence electrons. The number of nitrogens with zero attached hydrogens (tertiary/aromatic N) is 1. The van der Waals surface area contributed by atoms with Gasteiger partial charge in [0.25, 0.3) is 0 Å². The minimum absolute atomic E-state index is 0.0574. The summed E-state index contributed by atoms with van der Waals surface area (Å²) in [4.78, 5) is 15.5. The number of esters is 1. The van der Waals surface area contributed by atoms with Gasteiger partial charge in [-0.1, -0.05) is 6.07 Å². The molecule has 1 aliphatic rings. The second kappa shape index (κ2) is 4.46. The fraction of sp³-hybridized carbons (Fsp3) is 0.400. The van der Waals surface area contributed by atoms with E-state index in [9.17, 15) is 4.79 Å². The van der Waals surface area contributed by atoms with Crippen LogP contribution >= 0.6 is 11.8 Å². The minimum atomic E-state index is -0.145. The third kappa shape index (κ3) is 2.26. The van der Waals surface area contributed by atoms with Gasteiger partial charge in [0, 0.05) is 18.0 Å². The van der Waals surface area contributed by atoms with Crippen molar-refractivity contribution in [1.29, 1.82) is 0 Å². The molecule has 1 aromatic rings. The van der Waals surface area contributed by atoms with Crippen molar-refractivity contribution in [3.63, 3.8) is 0 Å². The Morgan fingerprint density at radius 3 is 3.14 bits per heavy atom. The Bertz CT molecular complexity index is 309. The zero-order valence-electron chi connectivity index (χ0n) is 7.68. The smallest absolute Gasteiger partial charge is 0.316 e. The van der Waals surface area contributed by atoms with Gasteiger partial charge in [0.2, 0.25) is 5.88 Å². The number of carbonyl (C=O) groups excluding carboxylic acids is 1. The lowest BCUT2D eigenvalue weighted by Crippen LogP contribution is -2.20. The van der Waals surface area contributed by atoms with Crippen LogP contribution < -0.4 is 4.74 Å². The third-order valence-electron chi connectivity index (χ3n) is 2.11. The van der Waals surface area contributed by atoms with Gasteiger partial charge >= 0.3 is 5.97 Å². The maximum Gasteiger partial charge on any atom is 0.316 e. The molecule has 0 bridgehead atoms. The lowest BCUT2D eigenvalue weighted by Gasteiger charge is -2.06. The Balaban J connectivity index is 1.94. The van der Waals surface area contributed by atoms with Crippen molar-refractivity contribution in [1.82, 2.24) is 4.98 Å². The first-order chi connectivity index (χ1) is 6.86. The summed E-state index contributed by atoms with van der Waals surface area (Å²) in [6, 6.07) is 5.29. The van der Waals surface area contributed by atoms with Crippen LogP contribution in [0, 0.1) is 5.92 Å². The molecule has 0 spiro atoms. The summed E-state index contributed by atoms with van der Waals surface area (Å²) in [6.07, 6.45) is 2.54. The van der Waals surface area contributed by atoms with Crippen LogP contribution in [-0.4, -0.2) is 22.5 Å². The molecule has 2 heterocycles. The molecule has 14 heavy (non-hydrogen) atoms. The molecule has 4 heteroatoms. The second-order valence-electron chi connectivity index (χ2n) is 3.15. The number of carbonyl (C=O) groups is 1. The van der Waals surface area contributed by atoms with Gasteiger partial charge in [-0.25, -0.2) is 4.98 Å². The molecule has 0 radical (unpaired) electrons. The maximum atomic E-state index is 11.5. The number of pyridine rings is 1. The first-order valence-electron chi connectivity index (χ1n) is 4.57. The fourth-order valence-corrected chi connectivity index (χ4v) is 2.52. The first kappa shape index (κ1) is 9.52. The highest BCUT2D eigenvalue weighted by molar-refractivity contribution is 7.99. The van der Waals surface area contributed by atoms with E-state index in [1.54, 1.807) is 36.2 Å². The normalized spacial score (nSPS) is 20.7. The monoisotopic (exact) mass is 209 g/mol. The van der Waals surface area contributed by atoms with Crippen molar-refractivity contribution in [2.75, 3.05) is 11.5 Å². The Morgan fingerprint density at radius 2 is 2.50 bits per heavy atom. The third-order valence-corrected chi connectivity index (χ3v) is 3.27. The predicted molar refractivity (Wildman–Crippen MR) is 55.3 cm³/mol. The molecular formula is C10H11NO2S. The topological polar surface area (TPSA) is 39.2 Å². The van der Waals surface area contributed by atoms with Crippen molar-refractivity contribution in [2.45, 2.75) is 6.42 Å². The van der Waals surface area contributed by atoms with Gasteiger partial charge in [0.05, 0.1) is 5.92 Å². The van der Waals surface area contributed by atoms with Gasteiger partial charge in [-0.2, -0.15) is 11.8 Å². The van der Waals surface area contributed by atoms with E-state index in [-0.39, 0.29) is 11.9 Å². The van der Waals surface area contributed by atoms with Crippen molar-refractivity contribution in [3.05, 3.63) is 24.4 Å².